The summed E-state index contributed by atoms with van der Waals surface area (Å²) < 4.78 is 5.39. The number of carbonyl (C=O) groups is 1. The van der Waals surface area contributed by atoms with E-state index in [2.05, 4.69) is 10.3 Å². The number of nitrogens with one attached hydrogen (secondary N) is 1. The number of hydrogen-bond donors (Lipinski definition) is 3. The number of aromatic nitrogens is 1. The van der Waals surface area contributed by atoms with Crippen LogP contribution in [0, 0.1) is 0 Å². The Kier molecular flexibility index (Phi) is 3.70. The average molecular weight is 260 g/mol. The molecular weight excluding hydrogens is 244 g/mol. The van der Waals surface area contributed by atoms with Crippen LogP contribution < -0.4 is 16.8 Å². The van der Waals surface area contributed by atoms with Crippen LogP contribution in [-0.4, -0.2) is 10.9 Å². The molecule has 0 bridgehead atoms. The van der Waals surface area contributed by atoms with E-state index in [0.29, 0.717) is 22.8 Å². The maximum atomic E-state index is 11.9. The number of benzene rings is 1. The monoisotopic (exact) mass is 260 g/mol. The van der Waals surface area contributed by atoms with Crippen molar-refractivity contribution in [1.29, 1.82) is 0 Å². The zero-order chi connectivity index (χ0) is 13.8. The van der Waals surface area contributed by atoms with Gasteiger partial charge >= 0.3 is 0 Å². The molecule has 0 aliphatic heterocycles. The van der Waals surface area contributed by atoms with Crippen molar-refractivity contribution in [1.82, 2.24) is 10.3 Å². The molecule has 0 radical (unpaired) electrons. The van der Waals surface area contributed by atoms with Crippen molar-refractivity contribution in [2.45, 2.75) is 19.9 Å². The van der Waals surface area contributed by atoms with E-state index in [1.165, 1.54) is 0 Å². The average Bonchev–Trinajstić information content (AvgIpc) is 2.84. The van der Waals surface area contributed by atoms with Gasteiger partial charge in [-0.2, -0.15) is 0 Å². The van der Waals surface area contributed by atoms with Gasteiger partial charge in [0, 0.05) is 17.8 Å². The number of amides is 1. The van der Waals surface area contributed by atoms with Crippen LogP contribution in [0.25, 0.3) is 0 Å². The highest BCUT2D eigenvalue weighted by Gasteiger charge is 2.11. The van der Waals surface area contributed by atoms with Gasteiger partial charge in [0.1, 0.15) is 5.76 Å². The summed E-state index contributed by atoms with van der Waals surface area (Å²) in [5.41, 5.74) is 12.6. The minimum atomic E-state index is -0.284. The van der Waals surface area contributed by atoms with Crippen LogP contribution in [0.4, 0.5) is 11.4 Å². The molecule has 0 fully saturated rings. The lowest BCUT2D eigenvalue weighted by Gasteiger charge is -2.06. The molecule has 6 nitrogen and oxygen atoms in total. The van der Waals surface area contributed by atoms with Gasteiger partial charge in [0.05, 0.1) is 18.3 Å². The molecule has 0 aliphatic rings. The molecular formula is C13H16N4O2. The van der Waals surface area contributed by atoms with Crippen LogP contribution >= 0.6 is 0 Å². The van der Waals surface area contributed by atoms with Gasteiger partial charge in [0.15, 0.2) is 0 Å². The molecule has 0 saturated heterocycles. The molecule has 2 aromatic rings. The van der Waals surface area contributed by atoms with E-state index in [4.69, 9.17) is 15.9 Å². The quantitative estimate of drug-likeness (QED) is 0.719. The third-order valence-corrected chi connectivity index (χ3v) is 2.67. The molecule has 6 heteroatoms. The molecule has 19 heavy (non-hydrogen) atoms. The fraction of sp³-hybridized carbons (Fsp3) is 0.231. The maximum Gasteiger partial charge on any atom is 0.253 e. The molecule has 0 aliphatic carbocycles. The summed E-state index contributed by atoms with van der Waals surface area (Å²) >= 11 is 0. The largest absolute Gasteiger partial charge is 0.444 e. The van der Waals surface area contributed by atoms with Crippen molar-refractivity contribution in [3.63, 3.8) is 0 Å². The van der Waals surface area contributed by atoms with Crippen molar-refractivity contribution in [2.24, 2.45) is 0 Å². The SMILES string of the molecule is CCc1cnc(CNC(=O)c2ccc(N)cc2N)o1. The molecule has 1 aromatic carbocycles. The Morgan fingerprint density at radius 3 is 2.84 bits per heavy atom. The van der Waals surface area contributed by atoms with Crippen molar-refractivity contribution in [3.05, 3.63) is 41.6 Å². The van der Waals surface area contributed by atoms with Crippen molar-refractivity contribution in [2.75, 3.05) is 11.5 Å². The highest BCUT2D eigenvalue weighted by Crippen LogP contribution is 2.15. The Hall–Kier alpha value is -2.50. The first kappa shape index (κ1) is 12.9. The van der Waals surface area contributed by atoms with Gasteiger partial charge in [-0.1, -0.05) is 6.92 Å². The van der Waals surface area contributed by atoms with E-state index in [0.717, 1.165) is 12.2 Å². The van der Waals surface area contributed by atoms with E-state index in [1.807, 2.05) is 6.92 Å². The molecule has 1 amide bonds. The van der Waals surface area contributed by atoms with Gasteiger partial charge in [-0.15, -0.1) is 0 Å². The van der Waals surface area contributed by atoms with E-state index < -0.39 is 0 Å². The lowest BCUT2D eigenvalue weighted by Crippen LogP contribution is -2.24. The molecule has 0 unspecified atom stereocenters. The smallest absolute Gasteiger partial charge is 0.253 e. The van der Waals surface area contributed by atoms with Crippen molar-refractivity contribution in [3.8, 4) is 0 Å². The maximum absolute atomic E-state index is 11.9. The Morgan fingerprint density at radius 1 is 1.42 bits per heavy atom. The summed E-state index contributed by atoms with van der Waals surface area (Å²) in [4.78, 5) is 16.0. The summed E-state index contributed by atoms with van der Waals surface area (Å²) in [6.45, 7) is 2.20. The lowest BCUT2D eigenvalue weighted by molar-refractivity contribution is 0.0948. The number of anilines is 2. The summed E-state index contributed by atoms with van der Waals surface area (Å²) in [5, 5.41) is 2.70. The predicted molar refractivity (Wildman–Crippen MR) is 72.3 cm³/mol. The first-order valence-electron chi connectivity index (χ1n) is 5.97. The van der Waals surface area contributed by atoms with Crippen LogP contribution in [0.3, 0.4) is 0 Å². The second-order valence-corrected chi connectivity index (χ2v) is 4.10. The molecule has 1 aromatic heterocycles. The second kappa shape index (κ2) is 5.43. The normalized spacial score (nSPS) is 10.4. The van der Waals surface area contributed by atoms with Crippen LogP contribution in [0.5, 0.6) is 0 Å². The number of hydrogen-bond acceptors (Lipinski definition) is 5. The van der Waals surface area contributed by atoms with E-state index >= 15 is 0 Å². The number of rotatable bonds is 4. The first-order chi connectivity index (χ1) is 9.10. The van der Waals surface area contributed by atoms with Gasteiger partial charge in [-0.25, -0.2) is 4.98 Å². The van der Waals surface area contributed by atoms with E-state index in [9.17, 15) is 4.79 Å². The fourth-order valence-electron chi connectivity index (χ4n) is 1.63. The number of oxazole rings is 1. The molecule has 0 spiro atoms. The predicted octanol–water partition coefficient (Wildman–Crippen LogP) is 1.33. The van der Waals surface area contributed by atoms with Crippen LogP contribution in [0.2, 0.25) is 0 Å². The third kappa shape index (κ3) is 3.04. The minimum Gasteiger partial charge on any atom is -0.444 e. The van der Waals surface area contributed by atoms with Gasteiger partial charge in [0.2, 0.25) is 5.89 Å². The topological polar surface area (TPSA) is 107 Å². The number of nitrogens with zero attached hydrogens (tertiary/aromatic N) is 1. The van der Waals surface area contributed by atoms with Crippen LogP contribution in [-0.2, 0) is 13.0 Å². The minimum absolute atomic E-state index is 0.225. The Morgan fingerprint density at radius 2 is 2.21 bits per heavy atom. The number of nitrogen functional groups attached to an aromatic ring is 2. The number of aryl methyl sites for hydroxylation is 1. The Bertz CT molecular complexity index is 592. The highest BCUT2D eigenvalue weighted by molar-refractivity contribution is 5.99. The summed E-state index contributed by atoms with van der Waals surface area (Å²) in [6, 6.07) is 4.77. The number of carbonyl (C=O) groups excluding carboxylic acids is 1. The Balaban J connectivity index is 2.01. The lowest BCUT2D eigenvalue weighted by atomic mass is 10.1. The molecule has 1 heterocycles. The molecule has 0 atom stereocenters. The van der Waals surface area contributed by atoms with Gasteiger partial charge in [-0.3, -0.25) is 4.79 Å². The van der Waals surface area contributed by atoms with Crippen molar-refractivity contribution < 1.29 is 9.21 Å². The first-order valence-corrected chi connectivity index (χ1v) is 5.97. The zero-order valence-electron chi connectivity index (χ0n) is 10.6. The molecule has 0 saturated carbocycles. The van der Waals surface area contributed by atoms with E-state index in [1.54, 1.807) is 24.4 Å². The van der Waals surface area contributed by atoms with Crippen molar-refractivity contribution >= 4 is 17.3 Å². The highest BCUT2D eigenvalue weighted by atomic mass is 16.4. The van der Waals surface area contributed by atoms with Gasteiger partial charge in [0.25, 0.3) is 5.91 Å². The molecule has 100 valence electrons. The third-order valence-electron chi connectivity index (χ3n) is 2.67. The van der Waals surface area contributed by atoms with Gasteiger partial charge in [-0.05, 0) is 18.2 Å². The fourth-order valence-corrected chi connectivity index (χ4v) is 1.63. The summed E-state index contributed by atoms with van der Waals surface area (Å²) in [7, 11) is 0. The van der Waals surface area contributed by atoms with Gasteiger partial charge < -0.3 is 21.2 Å². The molecule has 5 N–H and O–H groups in total. The molecule has 2 rings (SSSR count). The standard InChI is InChI=1S/C13H16N4O2/c1-2-9-6-16-12(19-9)7-17-13(18)10-4-3-8(14)5-11(10)15/h3-6H,2,7,14-15H2,1H3,(H,17,18). The van der Waals surface area contributed by atoms with Crippen LogP contribution in [0.1, 0.15) is 28.9 Å². The second-order valence-electron chi connectivity index (χ2n) is 4.10. The summed E-state index contributed by atoms with van der Waals surface area (Å²) in [6.07, 6.45) is 2.42. The summed E-state index contributed by atoms with van der Waals surface area (Å²) in [5.74, 6) is 0.976. The Labute approximate surface area is 110 Å². The zero-order valence-corrected chi connectivity index (χ0v) is 10.6. The number of nitrogens with two attached hydrogens (primary N) is 2. The van der Waals surface area contributed by atoms with Crippen LogP contribution in [0.15, 0.2) is 28.8 Å². The van der Waals surface area contributed by atoms with E-state index in [-0.39, 0.29) is 12.5 Å².